The summed E-state index contributed by atoms with van der Waals surface area (Å²) < 4.78 is 0. The zero-order chi connectivity index (χ0) is 24.4. The molecule has 180 valence electrons. The average Bonchev–Trinajstić information content (AvgIpc) is 3.31. The fraction of sp³-hybridized carbons (Fsp3) is 0.333. The van der Waals surface area contributed by atoms with E-state index < -0.39 is 0 Å². The van der Waals surface area contributed by atoms with E-state index in [9.17, 15) is 14.4 Å². The maximum atomic E-state index is 12.9. The summed E-state index contributed by atoms with van der Waals surface area (Å²) in [5, 5.41) is 3.58. The van der Waals surface area contributed by atoms with Crippen LogP contribution in [-0.2, 0) is 4.79 Å². The number of hydrogen-bond acceptors (Lipinski definition) is 7. The Morgan fingerprint density at radius 3 is 2.83 bits per heavy atom. The number of aromatic nitrogens is 4. The summed E-state index contributed by atoms with van der Waals surface area (Å²) in [5.74, 6) is 0.137. The Kier molecular flexibility index (Phi) is 6.45. The fourth-order valence-electron chi connectivity index (χ4n) is 4.55. The fourth-order valence-corrected chi connectivity index (χ4v) is 4.79. The standard InChI is InChI=1S/C24H24ClN7O3/c25-18-13-27-24(28-16-10-17(12-26-11-16)32-9-3-7-21(32)34)30-22(18)15-4-2-8-31(14-15)23(35)19-5-1-6-20(33)29-19/h1,5-6,10-13,15H,2-4,7-9,14H2,(H,29,33)(H,27,28,30). The van der Waals surface area contributed by atoms with Crippen LogP contribution in [0.2, 0.25) is 5.02 Å². The van der Waals surface area contributed by atoms with Gasteiger partial charge < -0.3 is 20.1 Å². The molecule has 2 amide bonds. The van der Waals surface area contributed by atoms with Gasteiger partial charge in [0.05, 0.1) is 40.7 Å². The van der Waals surface area contributed by atoms with Gasteiger partial charge in [-0.2, -0.15) is 0 Å². The maximum absolute atomic E-state index is 12.9. The quantitative estimate of drug-likeness (QED) is 0.559. The van der Waals surface area contributed by atoms with Gasteiger partial charge in [0.2, 0.25) is 17.4 Å². The largest absolute Gasteiger partial charge is 0.337 e. The molecule has 2 aliphatic heterocycles. The Hall–Kier alpha value is -3.79. The number of aromatic amines is 1. The molecule has 11 heteroatoms. The van der Waals surface area contributed by atoms with E-state index in [1.165, 1.54) is 6.07 Å². The van der Waals surface area contributed by atoms with E-state index in [1.54, 1.807) is 40.5 Å². The lowest BCUT2D eigenvalue weighted by Crippen LogP contribution is -2.40. The summed E-state index contributed by atoms with van der Waals surface area (Å²) in [6.45, 7) is 1.70. The molecular formula is C24H24ClN7O3. The number of likely N-dealkylation sites (tertiary alicyclic amines) is 1. The molecule has 5 rings (SSSR count). The van der Waals surface area contributed by atoms with Crippen molar-refractivity contribution in [1.82, 2.24) is 24.8 Å². The first-order valence-electron chi connectivity index (χ1n) is 11.5. The molecule has 0 aromatic carbocycles. The van der Waals surface area contributed by atoms with Gasteiger partial charge in [-0.15, -0.1) is 0 Å². The van der Waals surface area contributed by atoms with Gasteiger partial charge in [0, 0.05) is 38.0 Å². The van der Waals surface area contributed by atoms with Crippen LogP contribution < -0.4 is 15.8 Å². The molecule has 35 heavy (non-hydrogen) atoms. The van der Waals surface area contributed by atoms with Crippen molar-refractivity contribution in [1.29, 1.82) is 0 Å². The zero-order valence-corrected chi connectivity index (χ0v) is 19.7. The number of hydrogen-bond donors (Lipinski definition) is 2. The van der Waals surface area contributed by atoms with E-state index in [2.05, 4.69) is 25.3 Å². The highest BCUT2D eigenvalue weighted by Crippen LogP contribution is 2.32. The van der Waals surface area contributed by atoms with Gasteiger partial charge in [0.25, 0.3) is 5.91 Å². The summed E-state index contributed by atoms with van der Waals surface area (Å²) in [6.07, 6.45) is 7.83. The number of piperidine rings is 1. The summed E-state index contributed by atoms with van der Waals surface area (Å²) >= 11 is 6.46. The molecule has 1 atom stereocenters. The summed E-state index contributed by atoms with van der Waals surface area (Å²) in [7, 11) is 0. The van der Waals surface area contributed by atoms with Crippen LogP contribution in [0.3, 0.4) is 0 Å². The third-order valence-electron chi connectivity index (χ3n) is 6.23. The van der Waals surface area contributed by atoms with Crippen LogP contribution in [0.25, 0.3) is 0 Å². The minimum atomic E-state index is -0.313. The summed E-state index contributed by atoms with van der Waals surface area (Å²) in [4.78, 5) is 55.9. The number of H-pyrrole nitrogens is 1. The monoisotopic (exact) mass is 493 g/mol. The van der Waals surface area contributed by atoms with Gasteiger partial charge >= 0.3 is 0 Å². The second-order valence-electron chi connectivity index (χ2n) is 8.65. The Balaban J connectivity index is 1.33. The molecule has 0 spiro atoms. The van der Waals surface area contributed by atoms with Crippen LogP contribution in [0.1, 0.15) is 47.8 Å². The maximum Gasteiger partial charge on any atom is 0.270 e. The van der Waals surface area contributed by atoms with Gasteiger partial charge in [0.1, 0.15) is 5.69 Å². The van der Waals surface area contributed by atoms with Crippen molar-refractivity contribution in [3.63, 3.8) is 0 Å². The number of rotatable bonds is 5. The van der Waals surface area contributed by atoms with Gasteiger partial charge in [0.15, 0.2) is 0 Å². The Labute approximate surface area is 206 Å². The van der Waals surface area contributed by atoms with Crippen LogP contribution in [0.5, 0.6) is 0 Å². The molecule has 3 aromatic rings. The first-order chi connectivity index (χ1) is 17.0. The van der Waals surface area contributed by atoms with E-state index >= 15 is 0 Å². The predicted molar refractivity (Wildman–Crippen MR) is 131 cm³/mol. The lowest BCUT2D eigenvalue weighted by molar-refractivity contribution is -0.117. The lowest BCUT2D eigenvalue weighted by atomic mass is 9.94. The Morgan fingerprint density at radius 1 is 1.14 bits per heavy atom. The Bertz CT molecular complexity index is 1330. The highest BCUT2D eigenvalue weighted by atomic mass is 35.5. The average molecular weight is 494 g/mol. The van der Waals surface area contributed by atoms with Crippen molar-refractivity contribution in [2.24, 2.45) is 0 Å². The van der Waals surface area contributed by atoms with Crippen molar-refractivity contribution >= 4 is 40.7 Å². The molecule has 3 aromatic heterocycles. The van der Waals surface area contributed by atoms with Gasteiger partial charge in [-0.05, 0) is 31.4 Å². The van der Waals surface area contributed by atoms with Gasteiger partial charge in [-0.25, -0.2) is 9.97 Å². The van der Waals surface area contributed by atoms with Crippen LogP contribution >= 0.6 is 11.6 Å². The third kappa shape index (κ3) is 5.02. The molecule has 0 saturated carbocycles. The number of carbonyl (C=O) groups excluding carboxylic acids is 2. The number of pyridine rings is 2. The van der Waals surface area contributed by atoms with Crippen LogP contribution in [0, 0.1) is 0 Å². The van der Waals surface area contributed by atoms with E-state index in [0.29, 0.717) is 48.4 Å². The second-order valence-corrected chi connectivity index (χ2v) is 9.06. The smallest absolute Gasteiger partial charge is 0.270 e. The van der Waals surface area contributed by atoms with E-state index in [4.69, 9.17) is 11.6 Å². The molecule has 1 unspecified atom stereocenters. The van der Waals surface area contributed by atoms with Crippen molar-refractivity contribution in [3.8, 4) is 0 Å². The molecule has 0 radical (unpaired) electrons. The van der Waals surface area contributed by atoms with Gasteiger partial charge in [-0.1, -0.05) is 17.7 Å². The van der Waals surface area contributed by atoms with Crippen LogP contribution in [0.4, 0.5) is 17.3 Å². The van der Waals surface area contributed by atoms with Crippen molar-refractivity contribution in [2.45, 2.75) is 31.6 Å². The van der Waals surface area contributed by atoms with E-state index in [0.717, 1.165) is 24.9 Å². The molecule has 0 bridgehead atoms. The number of nitrogens with zero attached hydrogens (tertiary/aromatic N) is 5. The topological polar surface area (TPSA) is 124 Å². The normalized spacial score (nSPS) is 18.1. The lowest BCUT2D eigenvalue weighted by Gasteiger charge is -2.32. The number of anilines is 3. The number of carbonyl (C=O) groups is 2. The zero-order valence-electron chi connectivity index (χ0n) is 18.9. The van der Waals surface area contributed by atoms with Gasteiger partial charge in [-0.3, -0.25) is 19.4 Å². The van der Waals surface area contributed by atoms with Crippen molar-refractivity contribution < 1.29 is 9.59 Å². The summed E-state index contributed by atoms with van der Waals surface area (Å²) in [6, 6.07) is 6.38. The molecular weight excluding hydrogens is 470 g/mol. The van der Waals surface area contributed by atoms with Crippen molar-refractivity contribution in [2.75, 3.05) is 29.9 Å². The van der Waals surface area contributed by atoms with Crippen LogP contribution in [-0.4, -0.2) is 56.3 Å². The molecule has 2 fully saturated rings. The molecule has 0 aliphatic carbocycles. The molecule has 2 saturated heterocycles. The minimum absolute atomic E-state index is 0.0779. The second kappa shape index (κ2) is 9.83. The highest BCUT2D eigenvalue weighted by molar-refractivity contribution is 6.31. The SMILES string of the molecule is O=C(c1cccc(=O)[nH]1)N1CCCC(c2nc(Nc3cncc(N4CCCC4=O)c3)ncc2Cl)C1. The van der Waals surface area contributed by atoms with E-state index in [1.807, 2.05) is 6.07 Å². The van der Waals surface area contributed by atoms with Crippen molar-refractivity contribution in [3.05, 3.63) is 69.6 Å². The number of halogens is 1. The van der Waals surface area contributed by atoms with Crippen LogP contribution in [0.15, 0.2) is 47.7 Å². The highest BCUT2D eigenvalue weighted by Gasteiger charge is 2.28. The first kappa shape index (κ1) is 23.0. The first-order valence-corrected chi connectivity index (χ1v) is 11.9. The van der Waals surface area contributed by atoms with E-state index in [-0.39, 0.29) is 29.0 Å². The Morgan fingerprint density at radius 2 is 2.03 bits per heavy atom. The summed E-state index contributed by atoms with van der Waals surface area (Å²) in [5.41, 5.74) is 1.99. The number of nitrogens with one attached hydrogen (secondary N) is 2. The molecule has 2 N–H and O–H groups in total. The third-order valence-corrected chi connectivity index (χ3v) is 6.52. The molecule has 2 aliphatic rings. The minimum Gasteiger partial charge on any atom is -0.337 e. The predicted octanol–water partition coefficient (Wildman–Crippen LogP) is 3.10. The molecule has 5 heterocycles. The molecule has 10 nitrogen and oxygen atoms in total. The number of amides is 2.